The molecule has 0 aliphatic carbocycles. The minimum absolute atomic E-state index is 0.377. The summed E-state index contributed by atoms with van der Waals surface area (Å²) < 4.78 is 5.02. The second-order valence-electron chi connectivity index (χ2n) is 3.72. The van der Waals surface area contributed by atoms with Crippen molar-refractivity contribution in [2.45, 2.75) is 40.2 Å². The van der Waals surface area contributed by atoms with Gasteiger partial charge in [-0.25, -0.2) is 9.78 Å². The van der Waals surface area contributed by atoms with Crippen LogP contribution in [0.4, 0.5) is 10.6 Å². The first kappa shape index (κ1) is 14.3. The molecule has 0 aliphatic rings. The second-order valence-corrected chi connectivity index (χ2v) is 3.72. The summed E-state index contributed by atoms with van der Waals surface area (Å²) in [6.45, 7) is 9.38. The molecule has 16 heavy (non-hydrogen) atoms. The fraction of sp³-hybridized carbons (Fsp3) is 0.545. The third-order valence-electron chi connectivity index (χ3n) is 1.19. The Hall–Kier alpha value is -1.65. The molecule has 0 spiro atoms. The van der Waals surface area contributed by atoms with Crippen LogP contribution in [0.3, 0.4) is 0 Å². The van der Waals surface area contributed by atoms with Crippen LogP contribution in [0.15, 0.2) is 18.6 Å². The number of anilines is 1. The lowest BCUT2D eigenvalue weighted by Gasteiger charge is -2.19. The van der Waals surface area contributed by atoms with Crippen molar-refractivity contribution in [3.05, 3.63) is 18.6 Å². The molecule has 0 aromatic carbocycles. The number of aromatic nitrogens is 2. The number of rotatable bonds is 1. The van der Waals surface area contributed by atoms with Crippen molar-refractivity contribution in [1.82, 2.24) is 9.97 Å². The van der Waals surface area contributed by atoms with E-state index in [1.165, 1.54) is 18.6 Å². The van der Waals surface area contributed by atoms with Gasteiger partial charge in [-0.05, 0) is 20.8 Å². The summed E-state index contributed by atoms with van der Waals surface area (Å²) in [5.41, 5.74) is -0.508. The molecule has 0 atom stereocenters. The lowest BCUT2D eigenvalue weighted by atomic mass is 10.2. The van der Waals surface area contributed by atoms with Crippen molar-refractivity contribution in [1.29, 1.82) is 0 Å². The molecular weight excluding hydrogens is 206 g/mol. The lowest BCUT2D eigenvalue weighted by molar-refractivity contribution is 0.0635. The zero-order chi connectivity index (χ0) is 12.6. The third kappa shape index (κ3) is 6.75. The Morgan fingerprint density at radius 3 is 2.38 bits per heavy atom. The molecule has 0 fully saturated rings. The average molecular weight is 225 g/mol. The molecule has 0 radical (unpaired) electrons. The first-order valence-corrected chi connectivity index (χ1v) is 5.23. The van der Waals surface area contributed by atoms with E-state index in [0.29, 0.717) is 5.82 Å². The fourth-order valence-corrected chi connectivity index (χ4v) is 0.772. The van der Waals surface area contributed by atoms with E-state index in [-0.39, 0.29) is 0 Å². The molecule has 1 aromatic rings. The standard InChI is InChI=1S/C9H13N3O2.C2H6/c1-9(2,3)14-8(13)12-7-6-10-4-5-11-7;1-2/h4-6H,1-3H3,(H,11,12,13);1-2H3. The first-order chi connectivity index (χ1) is 7.47. The summed E-state index contributed by atoms with van der Waals surface area (Å²) in [4.78, 5) is 18.9. The van der Waals surface area contributed by atoms with Crippen LogP contribution in [0.5, 0.6) is 0 Å². The number of carbonyl (C=O) groups is 1. The van der Waals surface area contributed by atoms with Gasteiger partial charge in [-0.1, -0.05) is 13.8 Å². The molecule has 1 N–H and O–H groups in total. The highest BCUT2D eigenvalue weighted by atomic mass is 16.6. The Morgan fingerprint density at radius 1 is 1.31 bits per heavy atom. The fourth-order valence-electron chi connectivity index (χ4n) is 0.772. The van der Waals surface area contributed by atoms with E-state index in [9.17, 15) is 4.79 Å². The van der Waals surface area contributed by atoms with Gasteiger partial charge in [0.2, 0.25) is 0 Å². The molecule has 1 heterocycles. The maximum atomic E-state index is 11.2. The Kier molecular flexibility index (Phi) is 6.07. The van der Waals surface area contributed by atoms with E-state index in [2.05, 4.69) is 15.3 Å². The number of nitrogens with one attached hydrogen (secondary N) is 1. The molecular formula is C11H19N3O2. The summed E-state index contributed by atoms with van der Waals surface area (Å²) in [5.74, 6) is 0.377. The van der Waals surface area contributed by atoms with Crippen molar-refractivity contribution in [2.24, 2.45) is 0 Å². The molecule has 90 valence electrons. The van der Waals surface area contributed by atoms with Gasteiger partial charge in [-0.3, -0.25) is 10.3 Å². The normalized spacial score (nSPS) is 9.81. The van der Waals surface area contributed by atoms with Crippen molar-refractivity contribution >= 4 is 11.9 Å². The van der Waals surface area contributed by atoms with E-state index in [1.54, 1.807) is 20.8 Å². The first-order valence-electron chi connectivity index (χ1n) is 5.23. The highest BCUT2D eigenvalue weighted by molar-refractivity contribution is 5.83. The Balaban J connectivity index is 0.00000106. The molecule has 0 unspecified atom stereocenters. The van der Waals surface area contributed by atoms with Gasteiger partial charge in [0.25, 0.3) is 0 Å². The van der Waals surface area contributed by atoms with E-state index in [4.69, 9.17) is 4.74 Å². The van der Waals surface area contributed by atoms with Gasteiger partial charge in [0.1, 0.15) is 5.60 Å². The SMILES string of the molecule is CC.CC(C)(C)OC(=O)Nc1cnccn1. The maximum Gasteiger partial charge on any atom is 0.413 e. The van der Waals surface area contributed by atoms with Crippen molar-refractivity contribution in [3.8, 4) is 0 Å². The molecule has 0 saturated carbocycles. The summed E-state index contributed by atoms with van der Waals surface area (Å²) >= 11 is 0. The maximum absolute atomic E-state index is 11.2. The number of amides is 1. The Labute approximate surface area is 96.3 Å². The monoisotopic (exact) mass is 225 g/mol. The molecule has 5 heteroatoms. The number of ether oxygens (including phenoxy) is 1. The predicted molar refractivity (Wildman–Crippen MR) is 63.2 cm³/mol. The van der Waals surface area contributed by atoms with Gasteiger partial charge >= 0.3 is 6.09 Å². The molecule has 0 aliphatic heterocycles. The minimum Gasteiger partial charge on any atom is -0.444 e. The van der Waals surface area contributed by atoms with Crippen LogP contribution < -0.4 is 5.32 Å². The van der Waals surface area contributed by atoms with E-state index in [1.807, 2.05) is 13.8 Å². The topological polar surface area (TPSA) is 64.1 Å². The average Bonchev–Trinajstić information content (AvgIpc) is 2.19. The molecule has 0 saturated heterocycles. The van der Waals surface area contributed by atoms with Crippen LogP contribution >= 0.6 is 0 Å². The van der Waals surface area contributed by atoms with Crippen LogP contribution in [-0.2, 0) is 4.74 Å². The van der Waals surface area contributed by atoms with Crippen molar-refractivity contribution in [2.75, 3.05) is 5.32 Å². The zero-order valence-electron chi connectivity index (χ0n) is 10.4. The number of hydrogen-bond acceptors (Lipinski definition) is 4. The smallest absolute Gasteiger partial charge is 0.413 e. The highest BCUT2D eigenvalue weighted by Gasteiger charge is 2.16. The van der Waals surface area contributed by atoms with Gasteiger partial charge in [-0.2, -0.15) is 0 Å². The molecule has 5 nitrogen and oxygen atoms in total. The van der Waals surface area contributed by atoms with Gasteiger partial charge < -0.3 is 4.74 Å². The van der Waals surface area contributed by atoms with Crippen LogP contribution in [-0.4, -0.2) is 21.7 Å². The zero-order valence-corrected chi connectivity index (χ0v) is 10.4. The van der Waals surface area contributed by atoms with E-state index in [0.717, 1.165) is 0 Å². The van der Waals surface area contributed by atoms with Crippen molar-refractivity contribution < 1.29 is 9.53 Å². The number of nitrogens with zero attached hydrogens (tertiary/aromatic N) is 2. The van der Waals surface area contributed by atoms with Crippen molar-refractivity contribution in [3.63, 3.8) is 0 Å². The summed E-state index contributed by atoms with van der Waals surface area (Å²) in [7, 11) is 0. The molecule has 1 rings (SSSR count). The summed E-state index contributed by atoms with van der Waals surface area (Å²) in [5, 5.41) is 2.46. The van der Waals surface area contributed by atoms with E-state index < -0.39 is 11.7 Å². The van der Waals surface area contributed by atoms with Crippen LogP contribution in [0.25, 0.3) is 0 Å². The number of carbonyl (C=O) groups excluding carboxylic acids is 1. The van der Waals surface area contributed by atoms with Crippen LogP contribution in [0.1, 0.15) is 34.6 Å². The van der Waals surface area contributed by atoms with Gasteiger partial charge in [0.15, 0.2) is 5.82 Å². The Morgan fingerprint density at radius 2 is 1.94 bits per heavy atom. The van der Waals surface area contributed by atoms with Crippen LogP contribution in [0.2, 0.25) is 0 Å². The molecule has 0 bridgehead atoms. The van der Waals surface area contributed by atoms with Gasteiger partial charge in [-0.15, -0.1) is 0 Å². The van der Waals surface area contributed by atoms with E-state index >= 15 is 0 Å². The predicted octanol–water partition coefficient (Wildman–Crippen LogP) is 2.85. The van der Waals surface area contributed by atoms with Gasteiger partial charge in [0.05, 0.1) is 6.20 Å². The minimum atomic E-state index is -0.530. The Bertz CT molecular complexity index is 307. The second kappa shape index (κ2) is 6.76. The summed E-state index contributed by atoms with van der Waals surface area (Å²) in [6, 6.07) is 0. The number of hydrogen-bond donors (Lipinski definition) is 1. The largest absolute Gasteiger partial charge is 0.444 e. The quantitative estimate of drug-likeness (QED) is 0.798. The highest BCUT2D eigenvalue weighted by Crippen LogP contribution is 2.08. The van der Waals surface area contributed by atoms with Crippen LogP contribution in [0, 0.1) is 0 Å². The van der Waals surface area contributed by atoms with Gasteiger partial charge in [0, 0.05) is 12.4 Å². The molecule has 1 amide bonds. The third-order valence-corrected chi connectivity index (χ3v) is 1.19. The lowest BCUT2D eigenvalue weighted by Crippen LogP contribution is -2.27. The molecule has 1 aromatic heterocycles. The summed E-state index contributed by atoms with van der Waals surface area (Å²) in [6.07, 6.45) is 3.94.